The molecule has 0 saturated carbocycles. The van der Waals surface area contributed by atoms with Crippen molar-refractivity contribution in [1.29, 1.82) is 0 Å². The number of thiazole rings is 1. The molecule has 2 aromatic heterocycles. The molecule has 0 fully saturated rings. The predicted octanol–water partition coefficient (Wildman–Crippen LogP) is 4.04. The zero-order chi connectivity index (χ0) is 17.2. The van der Waals surface area contributed by atoms with Crippen molar-refractivity contribution in [2.45, 2.75) is 32.6 Å². The Labute approximate surface area is 150 Å². The first-order valence-corrected chi connectivity index (χ1v) is 9.26. The number of hydrogen-bond donors (Lipinski definition) is 1. The van der Waals surface area contributed by atoms with Gasteiger partial charge in [0.15, 0.2) is 5.69 Å². The van der Waals surface area contributed by atoms with Crippen molar-refractivity contribution in [2.75, 3.05) is 5.32 Å². The van der Waals surface area contributed by atoms with Gasteiger partial charge in [-0.2, -0.15) is 5.10 Å². The number of nitrogens with one attached hydrogen (secondary N) is 1. The van der Waals surface area contributed by atoms with Gasteiger partial charge in [0.05, 0.1) is 16.4 Å². The number of carbonyl (C=O) groups excluding carboxylic acids is 1. The lowest BCUT2D eigenvalue weighted by molar-refractivity contribution is 0.102. The van der Waals surface area contributed by atoms with Gasteiger partial charge in [-0.1, -0.05) is 12.1 Å². The van der Waals surface area contributed by atoms with Crippen molar-refractivity contribution in [3.05, 3.63) is 57.7 Å². The van der Waals surface area contributed by atoms with Gasteiger partial charge in [-0.05, 0) is 56.4 Å². The normalized spacial score (nSPS) is 13.3. The van der Waals surface area contributed by atoms with Gasteiger partial charge in [-0.15, -0.1) is 16.4 Å². The minimum absolute atomic E-state index is 0.229. The lowest BCUT2D eigenvalue weighted by Gasteiger charge is -2.14. The molecule has 4 rings (SSSR count). The smallest absolute Gasteiger partial charge is 0.276 e. The molecule has 0 radical (unpaired) electrons. The van der Waals surface area contributed by atoms with Gasteiger partial charge in [0.2, 0.25) is 0 Å². The summed E-state index contributed by atoms with van der Waals surface area (Å²) in [6.45, 7) is 1.98. The van der Waals surface area contributed by atoms with Gasteiger partial charge in [0.1, 0.15) is 0 Å². The summed E-state index contributed by atoms with van der Waals surface area (Å²) >= 11 is 1.61. The number of aryl methyl sites for hydroxylation is 3. The van der Waals surface area contributed by atoms with Gasteiger partial charge in [0, 0.05) is 16.6 Å². The number of fused-ring (bicyclic) bond motifs is 1. The van der Waals surface area contributed by atoms with Gasteiger partial charge >= 0.3 is 0 Å². The molecule has 1 amide bonds. The zero-order valence-corrected chi connectivity index (χ0v) is 14.8. The maximum Gasteiger partial charge on any atom is 0.276 e. The van der Waals surface area contributed by atoms with Crippen molar-refractivity contribution in [3.63, 3.8) is 0 Å². The maximum absolute atomic E-state index is 12.5. The second kappa shape index (κ2) is 6.72. The lowest BCUT2D eigenvalue weighted by Crippen LogP contribution is -2.17. The molecule has 0 bridgehead atoms. The van der Waals surface area contributed by atoms with Crippen LogP contribution in [0.4, 0.5) is 5.69 Å². The van der Waals surface area contributed by atoms with Crippen LogP contribution in [0.25, 0.3) is 11.3 Å². The van der Waals surface area contributed by atoms with Crippen molar-refractivity contribution in [3.8, 4) is 11.3 Å². The first-order chi connectivity index (χ1) is 12.2. The number of rotatable bonds is 3. The summed E-state index contributed by atoms with van der Waals surface area (Å²) in [6.07, 6.45) is 4.23. The summed E-state index contributed by atoms with van der Waals surface area (Å²) in [6, 6.07) is 9.58. The summed E-state index contributed by atoms with van der Waals surface area (Å²) in [5.74, 6) is -0.229. The number of nitrogens with zero attached hydrogens (tertiary/aromatic N) is 3. The highest BCUT2D eigenvalue weighted by molar-refractivity contribution is 7.09. The molecule has 5 nitrogen and oxygen atoms in total. The molecular formula is C19H18N4OS. The number of aromatic nitrogens is 3. The van der Waals surface area contributed by atoms with Gasteiger partial charge in [0.25, 0.3) is 5.91 Å². The first-order valence-electron chi connectivity index (χ1n) is 8.38. The van der Waals surface area contributed by atoms with E-state index in [9.17, 15) is 4.79 Å². The molecule has 1 N–H and O–H groups in total. The Morgan fingerprint density at radius 3 is 2.88 bits per heavy atom. The van der Waals surface area contributed by atoms with E-state index in [4.69, 9.17) is 0 Å². The fourth-order valence-corrected chi connectivity index (χ4v) is 3.67. The van der Waals surface area contributed by atoms with Crippen LogP contribution in [0.5, 0.6) is 0 Å². The Hall–Kier alpha value is -2.60. The average molecular weight is 350 g/mol. The Morgan fingerprint density at radius 2 is 2.04 bits per heavy atom. The Bertz CT molecular complexity index is 935. The fourth-order valence-electron chi connectivity index (χ4n) is 3.05. The highest BCUT2D eigenvalue weighted by Gasteiger charge is 2.16. The minimum atomic E-state index is -0.229. The molecule has 0 saturated heterocycles. The zero-order valence-electron chi connectivity index (χ0n) is 14.0. The van der Waals surface area contributed by atoms with Crippen LogP contribution in [0.3, 0.4) is 0 Å². The lowest BCUT2D eigenvalue weighted by atomic mass is 9.96. The number of benzene rings is 1. The van der Waals surface area contributed by atoms with E-state index >= 15 is 0 Å². The van der Waals surface area contributed by atoms with Crippen LogP contribution in [0, 0.1) is 6.92 Å². The maximum atomic E-state index is 12.5. The Balaban J connectivity index is 1.55. The van der Waals surface area contributed by atoms with E-state index in [1.54, 1.807) is 11.3 Å². The Kier molecular flexibility index (Phi) is 4.28. The minimum Gasteiger partial charge on any atom is -0.321 e. The highest BCUT2D eigenvalue weighted by Crippen LogP contribution is 2.24. The van der Waals surface area contributed by atoms with Crippen molar-refractivity contribution < 1.29 is 4.79 Å². The van der Waals surface area contributed by atoms with Gasteiger partial charge in [-0.25, -0.2) is 4.98 Å². The average Bonchev–Trinajstić information content (AvgIpc) is 3.08. The van der Waals surface area contributed by atoms with Crippen LogP contribution in [0.15, 0.2) is 35.7 Å². The molecule has 2 heterocycles. The first kappa shape index (κ1) is 15.9. The van der Waals surface area contributed by atoms with Crippen LogP contribution in [0.1, 0.15) is 39.6 Å². The predicted molar refractivity (Wildman–Crippen MR) is 98.9 cm³/mol. The molecule has 1 aromatic carbocycles. The summed E-state index contributed by atoms with van der Waals surface area (Å²) in [7, 11) is 0. The molecule has 1 aliphatic carbocycles. The van der Waals surface area contributed by atoms with E-state index in [-0.39, 0.29) is 5.91 Å². The molecule has 1 aliphatic rings. The third-order valence-corrected chi connectivity index (χ3v) is 5.11. The molecule has 0 atom stereocenters. The van der Waals surface area contributed by atoms with Crippen molar-refractivity contribution >= 4 is 22.9 Å². The van der Waals surface area contributed by atoms with E-state index in [1.807, 2.05) is 42.6 Å². The summed E-state index contributed by atoms with van der Waals surface area (Å²) in [5.41, 5.74) is 5.19. The summed E-state index contributed by atoms with van der Waals surface area (Å²) in [4.78, 5) is 17.0. The molecule has 126 valence electrons. The molecule has 3 aromatic rings. The number of carbonyl (C=O) groups is 1. The van der Waals surface area contributed by atoms with Crippen LogP contribution in [0.2, 0.25) is 0 Å². The van der Waals surface area contributed by atoms with E-state index in [0.29, 0.717) is 5.69 Å². The largest absolute Gasteiger partial charge is 0.321 e. The second-order valence-electron chi connectivity index (χ2n) is 6.20. The van der Waals surface area contributed by atoms with E-state index in [1.165, 1.54) is 0 Å². The SMILES string of the molecule is Cc1nc(-c2cccc(NC(=O)c3cc4c(nn3)CCCC4)c2)cs1. The second-order valence-corrected chi connectivity index (χ2v) is 7.26. The molecule has 0 unspecified atom stereocenters. The fraction of sp³-hybridized carbons (Fsp3) is 0.263. The topological polar surface area (TPSA) is 67.8 Å². The number of hydrogen-bond acceptors (Lipinski definition) is 5. The monoisotopic (exact) mass is 350 g/mol. The number of amides is 1. The molecule has 0 spiro atoms. The van der Waals surface area contributed by atoms with Crippen LogP contribution >= 0.6 is 11.3 Å². The van der Waals surface area contributed by atoms with Crippen LogP contribution in [-0.4, -0.2) is 21.1 Å². The highest BCUT2D eigenvalue weighted by atomic mass is 32.1. The quantitative estimate of drug-likeness (QED) is 0.774. The van der Waals surface area contributed by atoms with E-state index < -0.39 is 0 Å². The Morgan fingerprint density at radius 1 is 1.16 bits per heavy atom. The van der Waals surface area contributed by atoms with Crippen molar-refractivity contribution in [2.24, 2.45) is 0 Å². The van der Waals surface area contributed by atoms with Gasteiger partial charge < -0.3 is 5.32 Å². The van der Waals surface area contributed by atoms with Crippen molar-refractivity contribution in [1.82, 2.24) is 15.2 Å². The van der Waals surface area contributed by atoms with E-state index in [2.05, 4.69) is 20.5 Å². The molecule has 25 heavy (non-hydrogen) atoms. The molecular weight excluding hydrogens is 332 g/mol. The van der Waals surface area contributed by atoms with E-state index in [0.717, 1.165) is 58.9 Å². The molecule has 6 heteroatoms. The standard InChI is InChI=1S/C19H18N4OS/c1-12-20-18(11-25-12)13-6-4-7-15(9-13)21-19(24)17-10-14-5-2-3-8-16(14)22-23-17/h4,6-7,9-11H,2-3,5,8H2,1H3,(H,21,24). The van der Waals surface area contributed by atoms with Gasteiger partial charge in [-0.3, -0.25) is 4.79 Å². The third-order valence-electron chi connectivity index (χ3n) is 4.34. The molecule has 0 aliphatic heterocycles. The van der Waals surface area contributed by atoms with Crippen LogP contribution < -0.4 is 5.32 Å². The summed E-state index contributed by atoms with van der Waals surface area (Å²) < 4.78 is 0. The van der Waals surface area contributed by atoms with Crippen LogP contribution in [-0.2, 0) is 12.8 Å². The summed E-state index contributed by atoms with van der Waals surface area (Å²) in [5, 5.41) is 14.3. The number of anilines is 1. The third kappa shape index (κ3) is 3.44.